The van der Waals surface area contributed by atoms with Gasteiger partial charge in [0.2, 0.25) is 5.91 Å². The molecule has 1 aliphatic heterocycles. The van der Waals surface area contributed by atoms with E-state index >= 15 is 0 Å². The van der Waals surface area contributed by atoms with Crippen molar-refractivity contribution in [3.63, 3.8) is 0 Å². The number of hydrogen-bond donors (Lipinski definition) is 1. The van der Waals surface area contributed by atoms with Crippen LogP contribution >= 0.6 is 0 Å². The number of aromatic nitrogens is 2. The lowest BCUT2D eigenvalue weighted by Crippen LogP contribution is -2.41. The zero-order valence-corrected chi connectivity index (χ0v) is 13.4. The Balaban J connectivity index is 1.42. The zero-order chi connectivity index (χ0) is 15.9. The van der Waals surface area contributed by atoms with Gasteiger partial charge >= 0.3 is 0 Å². The highest BCUT2D eigenvalue weighted by Gasteiger charge is 2.20. The minimum Gasteiger partial charge on any atom is -0.354 e. The van der Waals surface area contributed by atoms with E-state index in [-0.39, 0.29) is 5.91 Å². The lowest BCUT2D eigenvalue weighted by molar-refractivity contribution is -0.122. The minimum absolute atomic E-state index is 0.0360. The molecule has 1 aromatic carbocycles. The molecule has 0 radical (unpaired) electrons. The van der Waals surface area contributed by atoms with Crippen molar-refractivity contribution >= 4 is 5.91 Å². The van der Waals surface area contributed by atoms with Crippen molar-refractivity contribution < 1.29 is 4.79 Å². The van der Waals surface area contributed by atoms with Gasteiger partial charge in [0.1, 0.15) is 6.54 Å². The van der Waals surface area contributed by atoms with Gasteiger partial charge in [0.25, 0.3) is 0 Å². The van der Waals surface area contributed by atoms with Crippen molar-refractivity contribution in [3.05, 3.63) is 54.4 Å². The maximum Gasteiger partial charge on any atom is 0.241 e. The van der Waals surface area contributed by atoms with Gasteiger partial charge in [-0.3, -0.25) is 14.4 Å². The molecule has 1 saturated heterocycles. The second-order valence-corrected chi connectivity index (χ2v) is 6.24. The summed E-state index contributed by atoms with van der Waals surface area (Å²) in [4.78, 5) is 14.4. The Bertz CT molecular complexity index is 597. The van der Waals surface area contributed by atoms with Crippen molar-refractivity contribution in [2.24, 2.45) is 5.92 Å². The number of nitrogens with zero attached hydrogens (tertiary/aromatic N) is 3. The SMILES string of the molecule is O=C(Cn1cccn1)NCC1CCCN(Cc2ccccc2)C1. The quantitative estimate of drug-likeness (QED) is 0.886. The van der Waals surface area contributed by atoms with E-state index in [2.05, 4.69) is 45.6 Å². The number of rotatable bonds is 6. The standard InChI is InChI=1S/C18H24N4O/c23-18(15-22-11-5-9-20-22)19-12-17-8-4-10-21(14-17)13-16-6-2-1-3-7-16/h1-3,5-7,9,11,17H,4,8,10,12-15H2,(H,19,23). The van der Waals surface area contributed by atoms with Crippen molar-refractivity contribution in [2.45, 2.75) is 25.9 Å². The molecule has 1 atom stereocenters. The fourth-order valence-corrected chi connectivity index (χ4v) is 3.16. The first-order chi connectivity index (χ1) is 11.3. The Morgan fingerprint density at radius 2 is 2.13 bits per heavy atom. The number of amides is 1. The van der Waals surface area contributed by atoms with Crippen LogP contribution in [0.3, 0.4) is 0 Å². The van der Waals surface area contributed by atoms with E-state index in [0.29, 0.717) is 12.5 Å². The van der Waals surface area contributed by atoms with Gasteiger partial charge in [0, 0.05) is 32.0 Å². The first kappa shape index (κ1) is 15.7. The summed E-state index contributed by atoms with van der Waals surface area (Å²) >= 11 is 0. The molecule has 0 saturated carbocycles. The van der Waals surface area contributed by atoms with E-state index in [9.17, 15) is 4.79 Å². The molecule has 1 aromatic heterocycles. The summed E-state index contributed by atoms with van der Waals surface area (Å²) < 4.78 is 1.65. The van der Waals surface area contributed by atoms with Crippen LogP contribution in [0.2, 0.25) is 0 Å². The van der Waals surface area contributed by atoms with Crippen LogP contribution in [0.1, 0.15) is 18.4 Å². The summed E-state index contributed by atoms with van der Waals surface area (Å²) in [6, 6.07) is 12.4. The first-order valence-electron chi connectivity index (χ1n) is 8.30. The predicted molar refractivity (Wildman–Crippen MR) is 89.7 cm³/mol. The van der Waals surface area contributed by atoms with E-state index < -0.39 is 0 Å². The Labute approximate surface area is 137 Å². The van der Waals surface area contributed by atoms with E-state index in [4.69, 9.17) is 0 Å². The van der Waals surface area contributed by atoms with Crippen molar-refractivity contribution in [3.8, 4) is 0 Å². The fourth-order valence-electron chi connectivity index (χ4n) is 3.16. The number of carbonyl (C=O) groups is 1. The molecule has 0 aliphatic carbocycles. The predicted octanol–water partition coefficient (Wildman–Crippen LogP) is 1.91. The number of likely N-dealkylation sites (tertiary alicyclic amines) is 1. The molecule has 1 fully saturated rings. The normalized spacial score (nSPS) is 18.7. The van der Waals surface area contributed by atoms with Gasteiger partial charge in [-0.25, -0.2) is 0 Å². The molecule has 0 spiro atoms. The maximum atomic E-state index is 11.9. The third-order valence-electron chi connectivity index (χ3n) is 4.30. The Morgan fingerprint density at radius 1 is 1.26 bits per heavy atom. The van der Waals surface area contributed by atoms with E-state index in [1.165, 1.54) is 18.4 Å². The van der Waals surface area contributed by atoms with Crippen LogP contribution in [-0.2, 0) is 17.9 Å². The molecule has 2 aromatic rings. The third kappa shape index (κ3) is 4.93. The zero-order valence-electron chi connectivity index (χ0n) is 13.4. The topological polar surface area (TPSA) is 50.2 Å². The minimum atomic E-state index is 0.0360. The van der Waals surface area contributed by atoms with Gasteiger partial charge in [0.15, 0.2) is 0 Å². The Kier molecular flexibility index (Phi) is 5.42. The number of nitrogens with one attached hydrogen (secondary N) is 1. The third-order valence-corrected chi connectivity index (χ3v) is 4.30. The van der Waals surface area contributed by atoms with Crippen LogP contribution in [0.25, 0.3) is 0 Å². The molecule has 1 aliphatic rings. The van der Waals surface area contributed by atoms with Gasteiger partial charge in [-0.1, -0.05) is 30.3 Å². The lowest BCUT2D eigenvalue weighted by atomic mass is 9.97. The average molecular weight is 312 g/mol. The summed E-state index contributed by atoms with van der Waals surface area (Å²) in [7, 11) is 0. The molecule has 5 nitrogen and oxygen atoms in total. The molecule has 1 N–H and O–H groups in total. The molecular formula is C18H24N4O. The lowest BCUT2D eigenvalue weighted by Gasteiger charge is -2.32. The largest absolute Gasteiger partial charge is 0.354 e. The van der Waals surface area contributed by atoms with E-state index in [0.717, 1.165) is 26.2 Å². The number of benzene rings is 1. The molecule has 3 rings (SSSR count). The van der Waals surface area contributed by atoms with E-state index in [1.807, 2.05) is 12.3 Å². The Morgan fingerprint density at radius 3 is 2.91 bits per heavy atom. The van der Waals surface area contributed by atoms with Gasteiger partial charge in [0.05, 0.1) is 0 Å². The van der Waals surface area contributed by atoms with Crippen LogP contribution in [0.5, 0.6) is 0 Å². The van der Waals surface area contributed by atoms with Crippen LogP contribution in [-0.4, -0.2) is 40.2 Å². The molecule has 1 unspecified atom stereocenters. The molecule has 1 amide bonds. The molecule has 2 heterocycles. The summed E-state index contributed by atoms with van der Waals surface area (Å²) in [5.41, 5.74) is 1.36. The van der Waals surface area contributed by atoms with Gasteiger partial charge in [-0.2, -0.15) is 5.10 Å². The number of piperidine rings is 1. The van der Waals surface area contributed by atoms with E-state index in [1.54, 1.807) is 10.9 Å². The summed E-state index contributed by atoms with van der Waals surface area (Å²) in [5.74, 6) is 0.572. The second-order valence-electron chi connectivity index (χ2n) is 6.24. The van der Waals surface area contributed by atoms with Crippen LogP contribution in [0.4, 0.5) is 0 Å². The molecule has 23 heavy (non-hydrogen) atoms. The monoisotopic (exact) mass is 312 g/mol. The van der Waals surface area contributed by atoms with Crippen LogP contribution in [0.15, 0.2) is 48.8 Å². The second kappa shape index (κ2) is 7.92. The summed E-state index contributed by atoms with van der Waals surface area (Å²) in [6.45, 7) is 4.25. The fraction of sp³-hybridized carbons (Fsp3) is 0.444. The van der Waals surface area contributed by atoms with Gasteiger partial charge in [-0.05, 0) is 36.9 Å². The highest BCUT2D eigenvalue weighted by molar-refractivity contribution is 5.75. The molecular weight excluding hydrogens is 288 g/mol. The van der Waals surface area contributed by atoms with Crippen molar-refractivity contribution in [1.82, 2.24) is 20.0 Å². The van der Waals surface area contributed by atoms with Crippen LogP contribution in [0, 0.1) is 5.92 Å². The number of hydrogen-bond acceptors (Lipinski definition) is 3. The first-order valence-corrected chi connectivity index (χ1v) is 8.30. The van der Waals surface area contributed by atoms with Crippen molar-refractivity contribution in [1.29, 1.82) is 0 Å². The highest BCUT2D eigenvalue weighted by Crippen LogP contribution is 2.18. The molecule has 122 valence electrons. The highest BCUT2D eigenvalue weighted by atomic mass is 16.2. The number of carbonyl (C=O) groups excluding carboxylic acids is 1. The molecule has 5 heteroatoms. The van der Waals surface area contributed by atoms with Gasteiger partial charge < -0.3 is 5.32 Å². The molecule has 0 bridgehead atoms. The smallest absolute Gasteiger partial charge is 0.241 e. The Hall–Kier alpha value is -2.14. The summed E-state index contributed by atoms with van der Waals surface area (Å²) in [6.07, 6.45) is 5.89. The van der Waals surface area contributed by atoms with Gasteiger partial charge in [-0.15, -0.1) is 0 Å². The summed E-state index contributed by atoms with van der Waals surface area (Å²) in [5, 5.41) is 7.11. The van der Waals surface area contributed by atoms with Crippen LogP contribution < -0.4 is 5.32 Å². The maximum absolute atomic E-state index is 11.9. The van der Waals surface area contributed by atoms with Crippen molar-refractivity contribution in [2.75, 3.05) is 19.6 Å². The average Bonchev–Trinajstić information content (AvgIpc) is 3.07.